The van der Waals surface area contributed by atoms with Gasteiger partial charge in [0.2, 0.25) is 5.91 Å². The van der Waals surface area contributed by atoms with Crippen molar-refractivity contribution in [2.24, 2.45) is 17.3 Å². The maximum atomic E-state index is 14.1. The number of pyridine rings is 2. The van der Waals surface area contributed by atoms with Crippen molar-refractivity contribution in [3.05, 3.63) is 54.2 Å². The van der Waals surface area contributed by atoms with Gasteiger partial charge in [0, 0.05) is 60.5 Å². The van der Waals surface area contributed by atoms with Gasteiger partial charge < -0.3 is 19.5 Å². The average molecular weight is 673 g/mol. The number of carbonyl (C=O) groups is 2. The molecule has 264 valence electrons. The zero-order chi connectivity index (χ0) is 34.5. The predicted octanol–water partition coefficient (Wildman–Crippen LogP) is 6.56. The highest BCUT2D eigenvalue weighted by Crippen LogP contribution is 2.38. The van der Waals surface area contributed by atoms with E-state index < -0.39 is 0 Å². The van der Waals surface area contributed by atoms with Crippen LogP contribution in [0.15, 0.2) is 42.9 Å². The maximum Gasteiger partial charge on any atom is 0.409 e. The molecule has 6 rings (SSSR count). The Morgan fingerprint density at radius 3 is 2.51 bits per heavy atom. The lowest BCUT2D eigenvalue weighted by molar-refractivity contribution is -0.123. The van der Waals surface area contributed by atoms with Crippen molar-refractivity contribution in [3.8, 4) is 16.9 Å². The fourth-order valence-corrected chi connectivity index (χ4v) is 7.71. The summed E-state index contributed by atoms with van der Waals surface area (Å²) in [7, 11) is 1.68. The molecule has 0 radical (unpaired) electrons. The number of carbonyl (C=O) groups excluding carboxylic acids is 2. The predicted molar refractivity (Wildman–Crippen MR) is 187 cm³/mol. The summed E-state index contributed by atoms with van der Waals surface area (Å²) in [4.78, 5) is 39.8. The topological polar surface area (TPSA) is 123 Å². The van der Waals surface area contributed by atoms with Crippen molar-refractivity contribution in [2.75, 3.05) is 44.9 Å². The van der Waals surface area contributed by atoms with Crippen LogP contribution in [-0.2, 0) is 9.53 Å². The lowest BCUT2D eigenvalue weighted by Crippen LogP contribution is -2.58. The second-order valence-electron chi connectivity index (χ2n) is 14.9. The van der Waals surface area contributed by atoms with Gasteiger partial charge in [-0.2, -0.15) is 5.10 Å². The Labute approximate surface area is 290 Å². The van der Waals surface area contributed by atoms with Crippen molar-refractivity contribution in [1.82, 2.24) is 24.6 Å². The minimum atomic E-state index is -0.368. The molecular formula is C38H52N6O5. The molecule has 0 spiro atoms. The van der Waals surface area contributed by atoms with Gasteiger partial charge in [-0.15, -0.1) is 0 Å². The van der Waals surface area contributed by atoms with E-state index in [1.54, 1.807) is 22.9 Å². The zero-order valence-corrected chi connectivity index (χ0v) is 29.5. The van der Waals surface area contributed by atoms with E-state index in [0.29, 0.717) is 37.3 Å². The summed E-state index contributed by atoms with van der Waals surface area (Å²) in [5, 5.41) is 14.0. The molecular weight excluding hydrogens is 620 g/mol. The quantitative estimate of drug-likeness (QED) is 0.243. The molecule has 3 aromatic rings. The summed E-state index contributed by atoms with van der Waals surface area (Å²) < 4.78 is 12.8. The van der Waals surface area contributed by atoms with E-state index in [0.717, 1.165) is 79.6 Å². The third-order valence-electron chi connectivity index (χ3n) is 10.8. The number of anilines is 1. The van der Waals surface area contributed by atoms with Gasteiger partial charge >= 0.3 is 6.09 Å². The van der Waals surface area contributed by atoms with E-state index >= 15 is 0 Å². The van der Waals surface area contributed by atoms with Crippen LogP contribution in [0.1, 0.15) is 95.0 Å². The third-order valence-corrected chi connectivity index (χ3v) is 10.8. The van der Waals surface area contributed by atoms with Crippen LogP contribution in [0.2, 0.25) is 0 Å². The van der Waals surface area contributed by atoms with Crippen molar-refractivity contribution in [1.29, 1.82) is 0 Å². The Bertz CT molecular complexity index is 1590. The Morgan fingerprint density at radius 2 is 1.82 bits per heavy atom. The van der Waals surface area contributed by atoms with Crippen LogP contribution in [0, 0.1) is 24.2 Å². The number of hydrogen-bond acceptors (Lipinski definition) is 8. The number of methoxy groups -OCH3 is 1. The second kappa shape index (κ2) is 15.3. The number of rotatable bonds is 11. The SMILES string of the molecule is COc1ccc(C2CCC(CN(C(=O)C3CCCCC3)c3cc(-c4cnn(C(C)COC(=O)N5CC(C)(CO)C5)c4)ccn3)CC2)nc1C. The van der Waals surface area contributed by atoms with E-state index in [9.17, 15) is 14.7 Å². The second-order valence-corrected chi connectivity index (χ2v) is 14.9. The zero-order valence-electron chi connectivity index (χ0n) is 29.5. The Balaban J connectivity index is 1.12. The lowest BCUT2D eigenvalue weighted by atomic mass is 9.79. The average Bonchev–Trinajstić information content (AvgIpc) is 3.62. The number of amides is 2. The molecule has 1 unspecified atom stereocenters. The van der Waals surface area contributed by atoms with Crippen LogP contribution >= 0.6 is 0 Å². The van der Waals surface area contributed by atoms with Gasteiger partial charge in [-0.3, -0.25) is 19.4 Å². The highest BCUT2D eigenvalue weighted by Gasteiger charge is 2.41. The minimum absolute atomic E-state index is 0.0435. The van der Waals surface area contributed by atoms with Gasteiger partial charge in [0.05, 0.1) is 31.6 Å². The maximum absolute atomic E-state index is 14.1. The largest absolute Gasteiger partial charge is 0.495 e. The summed E-state index contributed by atoms with van der Waals surface area (Å²) >= 11 is 0. The van der Waals surface area contributed by atoms with Gasteiger partial charge in [-0.1, -0.05) is 26.2 Å². The number of aryl methyl sites for hydroxylation is 1. The van der Waals surface area contributed by atoms with Crippen molar-refractivity contribution in [3.63, 3.8) is 0 Å². The van der Waals surface area contributed by atoms with Gasteiger partial charge in [0.15, 0.2) is 0 Å². The summed E-state index contributed by atoms with van der Waals surface area (Å²) in [6.07, 6.45) is 14.6. The molecule has 1 aliphatic heterocycles. The third kappa shape index (κ3) is 8.09. The van der Waals surface area contributed by atoms with Crippen LogP contribution in [0.3, 0.4) is 0 Å². The number of hydrogen-bond donors (Lipinski definition) is 1. The molecule has 3 aliphatic rings. The highest BCUT2D eigenvalue weighted by molar-refractivity contribution is 5.94. The van der Waals surface area contributed by atoms with E-state index in [4.69, 9.17) is 19.4 Å². The molecule has 3 aromatic heterocycles. The van der Waals surface area contributed by atoms with Crippen LogP contribution in [-0.4, -0.2) is 81.7 Å². The molecule has 0 bridgehead atoms. The van der Waals surface area contributed by atoms with Gasteiger partial charge in [0.1, 0.15) is 18.2 Å². The molecule has 2 amide bonds. The molecule has 11 heteroatoms. The Hall–Kier alpha value is -3.99. The first-order valence-corrected chi connectivity index (χ1v) is 18.0. The monoisotopic (exact) mass is 672 g/mol. The molecule has 2 aliphatic carbocycles. The van der Waals surface area contributed by atoms with Gasteiger partial charge in [-0.05, 0) is 88.1 Å². The van der Waals surface area contributed by atoms with Crippen molar-refractivity contribution >= 4 is 17.8 Å². The number of aliphatic hydroxyl groups excluding tert-OH is 1. The Kier molecular flexibility index (Phi) is 10.9. The molecule has 1 N–H and O–H groups in total. The molecule has 0 aromatic carbocycles. The fourth-order valence-electron chi connectivity index (χ4n) is 7.71. The normalized spacial score (nSPS) is 21.4. The summed E-state index contributed by atoms with van der Waals surface area (Å²) in [5.41, 5.74) is 3.67. The lowest BCUT2D eigenvalue weighted by Gasteiger charge is -2.46. The van der Waals surface area contributed by atoms with Crippen LogP contribution in [0.4, 0.5) is 10.6 Å². The first-order valence-electron chi connectivity index (χ1n) is 18.0. The molecule has 1 saturated heterocycles. The number of likely N-dealkylation sites (tertiary alicyclic amines) is 1. The van der Waals surface area contributed by atoms with Crippen molar-refractivity contribution in [2.45, 2.75) is 90.5 Å². The number of aromatic nitrogens is 4. The molecule has 2 saturated carbocycles. The first kappa shape index (κ1) is 34.9. The van der Waals surface area contributed by atoms with Crippen LogP contribution in [0.5, 0.6) is 5.75 Å². The Morgan fingerprint density at radius 1 is 1.06 bits per heavy atom. The summed E-state index contributed by atoms with van der Waals surface area (Å²) in [5.74, 6) is 2.58. The van der Waals surface area contributed by atoms with E-state index in [1.807, 2.05) is 56.3 Å². The van der Waals surface area contributed by atoms with Crippen LogP contribution < -0.4 is 9.64 Å². The van der Waals surface area contributed by atoms with Crippen LogP contribution in [0.25, 0.3) is 11.1 Å². The molecule has 1 atom stereocenters. The molecule has 11 nitrogen and oxygen atoms in total. The van der Waals surface area contributed by atoms with E-state index in [2.05, 4.69) is 11.2 Å². The molecule has 4 heterocycles. The number of ether oxygens (including phenoxy) is 2. The smallest absolute Gasteiger partial charge is 0.409 e. The number of nitrogens with zero attached hydrogens (tertiary/aromatic N) is 6. The molecule has 3 fully saturated rings. The van der Waals surface area contributed by atoms with Gasteiger partial charge in [-0.25, -0.2) is 9.78 Å². The first-order chi connectivity index (χ1) is 23.7. The van der Waals surface area contributed by atoms with E-state index in [-0.39, 0.29) is 42.6 Å². The van der Waals surface area contributed by atoms with Crippen molar-refractivity contribution < 1.29 is 24.2 Å². The van der Waals surface area contributed by atoms with E-state index in [1.165, 1.54) is 6.42 Å². The fraction of sp³-hybridized carbons (Fsp3) is 0.605. The summed E-state index contributed by atoms with van der Waals surface area (Å²) in [6.45, 7) is 7.81. The van der Waals surface area contributed by atoms with Gasteiger partial charge in [0.25, 0.3) is 0 Å². The summed E-state index contributed by atoms with van der Waals surface area (Å²) in [6, 6.07) is 7.93. The molecule has 49 heavy (non-hydrogen) atoms. The highest BCUT2D eigenvalue weighted by atomic mass is 16.6. The number of aliphatic hydroxyl groups is 1. The minimum Gasteiger partial charge on any atom is -0.495 e. The standard InChI is InChI=1S/C38H52N6O5/c1-26(22-49-37(47)42-23-38(3,24-42)25-45)44-21-32(19-40-44)31-16-17-39-35(18-31)43(36(46)30-8-6-5-7-9-30)20-28-10-12-29(13-11-28)33-14-15-34(48-4)27(2)41-33/h14-19,21,26,28-30,45H,5-13,20,22-25H2,1-4H3.